The molecule has 0 aliphatic carbocycles. The Labute approximate surface area is 144 Å². The number of ether oxygens (including phenoxy) is 1. The van der Waals surface area contributed by atoms with Crippen LogP contribution in [0.4, 0.5) is 0 Å². The Kier molecular flexibility index (Phi) is 4.72. The summed E-state index contributed by atoms with van der Waals surface area (Å²) in [5, 5.41) is 0. The molecule has 0 atom stereocenters. The summed E-state index contributed by atoms with van der Waals surface area (Å²) in [5.41, 5.74) is 2.09. The van der Waals surface area contributed by atoms with Gasteiger partial charge in [0.2, 0.25) is 0 Å². The summed E-state index contributed by atoms with van der Waals surface area (Å²) < 4.78 is 5.52. The van der Waals surface area contributed by atoms with Crippen molar-refractivity contribution in [1.29, 1.82) is 0 Å². The largest absolute Gasteiger partial charge is 0.460 e. The van der Waals surface area contributed by atoms with Gasteiger partial charge in [-0.2, -0.15) is 0 Å². The van der Waals surface area contributed by atoms with E-state index in [0.717, 1.165) is 13.1 Å². The smallest absolute Gasteiger partial charge is 0.312 e. The number of nitrogens with zero attached hydrogens (tertiary/aromatic N) is 1. The van der Waals surface area contributed by atoms with Crippen molar-refractivity contribution >= 4 is 5.97 Å². The lowest BCUT2D eigenvalue weighted by atomic mass is 9.90. The highest BCUT2D eigenvalue weighted by molar-refractivity contribution is 5.74. The first-order valence-electron chi connectivity index (χ1n) is 8.51. The van der Waals surface area contributed by atoms with Gasteiger partial charge < -0.3 is 4.74 Å². The monoisotopic (exact) mass is 323 g/mol. The van der Waals surface area contributed by atoms with Crippen LogP contribution in [0.15, 0.2) is 60.7 Å². The predicted octanol–water partition coefficient (Wildman–Crippen LogP) is 4.05. The highest BCUT2D eigenvalue weighted by atomic mass is 16.6. The average molecular weight is 323 g/mol. The zero-order chi connectivity index (χ0) is 17.2. The van der Waals surface area contributed by atoms with E-state index < -0.39 is 5.60 Å². The van der Waals surface area contributed by atoms with Crippen LogP contribution in [-0.2, 0) is 9.53 Å². The number of carbonyl (C=O) groups is 1. The summed E-state index contributed by atoms with van der Waals surface area (Å²) in [6.07, 6.45) is 0. The average Bonchev–Trinajstić information content (AvgIpc) is 2.50. The molecule has 0 saturated carbocycles. The molecule has 1 aliphatic heterocycles. The Bertz CT molecular complexity index is 630. The molecule has 3 nitrogen and oxygen atoms in total. The Morgan fingerprint density at radius 1 is 0.958 bits per heavy atom. The molecule has 2 aromatic rings. The second kappa shape index (κ2) is 6.78. The van der Waals surface area contributed by atoms with Crippen molar-refractivity contribution in [3.05, 3.63) is 71.8 Å². The number of esters is 1. The van der Waals surface area contributed by atoms with Crippen molar-refractivity contribution in [2.24, 2.45) is 5.92 Å². The van der Waals surface area contributed by atoms with Crippen LogP contribution in [0.3, 0.4) is 0 Å². The second-order valence-electron chi connectivity index (χ2n) is 7.41. The maximum absolute atomic E-state index is 12.2. The quantitative estimate of drug-likeness (QED) is 0.795. The van der Waals surface area contributed by atoms with Crippen LogP contribution in [-0.4, -0.2) is 29.6 Å². The van der Waals surface area contributed by atoms with Gasteiger partial charge in [-0.05, 0) is 31.9 Å². The highest BCUT2D eigenvalue weighted by Gasteiger charge is 2.39. The SMILES string of the molecule is CC(C)(C)OC(=O)C1CN(C(c2ccccc2)c2ccccc2)C1. The van der Waals surface area contributed by atoms with E-state index in [-0.39, 0.29) is 17.9 Å². The molecule has 0 aromatic heterocycles. The van der Waals surface area contributed by atoms with E-state index in [9.17, 15) is 4.79 Å². The lowest BCUT2D eigenvalue weighted by Gasteiger charge is -2.44. The lowest BCUT2D eigenvalue weighted by Crippen LogP contribution is -2.53. The third-order valence-corrected chi connectivity index (χ3v) is 4.25. The second-order valence-corrected chi connectivity index (χ2v) is 7.41. The normalized spacial score (nSPS) is 16.0. The van der Waals surface area contributed by atoms with Gasteiger partial charge in [-0.1, -0.05) is 60.7 Å². The number of carbonyl (C=O) groups excluding carboxylic acids is 1. The minimum atomic E-state index is -0.421. The fourth-order valence-electron chi connectivity index (χ4n) is 3.14. The molecule has 126 valence electrons. The van der Waals surface area contributed by atoms with Crippen molar-refractivity contribution < 1.29 is 9.53 Å². The van der Waals surface area contributed by atoms with Crippen molar-refractivity contribution in [3.63, 3.8) is 0 Å². The van der Waals surface area contributed by atoms with Gasteiger partial charge in [-0.25, -0.2) is 0 Å². The van der Waals surface area contributed by atoms with Crippen LogP contribution >= 0.6 is 0 Å². The van der Waals surface area contributed by atoms with Gasteiger partial charge in [-0.15, -0.1) is 0 Å². The molecule has 0 spiro atoms. The molecule has 3 heteroatoms. The van der Waals surface area contributed by atoms with Crippen molar-refractivity contribution in [2.75, 3.05) is 13.1 Å². The van der Waals surface area contributed by atoms with E-state index >= 15 is 0 Å². The topological polar surface area (TPSA) is 29.5 Å². The molecule has 0 bridgehead atoms. The summed E-state index contributed by atoms with van der Waals surface area (Å²) in [4.78, 5) is 14.6. The summed E-state index contributed by atoms with van der Waals surface area (Å²) in [6, 6.07) is 21.1. The third kappa shape index (κ3) is 3.85. The molecule has 2 aromatic carbocycles. The van der Waals surface area contributed by atoms with Gasteiger partial charge in [0.25, 0.3) is 0 Å². The van der Waals surface area contributed by atoms with Crippen LogP contribution < -0.4 is 0 Å². The van der Waals surface area contributed by atoms with Crippen LogP contribution in [0, 0.1) is 5.92 Å². The fourth-order valence-corrected chi connectivity index (χ4v) is 3.14. The number of hydrogen-bond acceptors (Lipinski definition) is 3. The molecule has 1 heterocycles. The standard InChI is InChI=1S/C21H25NO2/c1-21(2,3)24-20(23)18-14-22(15-18)19(16-10-6-4-7-11-16)17-12-8-5-9-13-17/h4-13,18-19H,14-15H2,1-3H3. The maximum Gasteiger partial charge on any atom is 0.312 e. The molecular formula is C21H25NO2. The molecule has 0 N–H and O–H groups in total. The van der Waals surface area contributed by atoms with E-state index in [0.29, 0.717) is 0 Å². The summed E-state index contributed by atoms with van der Waals surface area (Å²) in [5.74, 6) is -0.113. The Morgan fingerprint density at radius 2 is 1.42 bits per heavy atom. The first kappa shape index (κ1) is 16.7. The minimum Gasteiger partial charge on any atom is -0.460 e. The van der Waals surface area contributed by atoms with E-state index in [4.69, 9.17) is 4.74 Å². The number of rotatable bonds is 4. The molecule has 1 fully saturated rings. The molecule has 3 rings (SSSR count). The lowest BCUT2D eigenvalue weighted by molar-refractivity contribution is -0.166. The molecule has 0 amide bonds. The summed E-state index contributed by atoms with van der Waals surface area (Å²) in [6.45, 7) is 7.22. The van der Waals surface area contributed by atoms with Gasteiger partial charge >= 0.3 is 5.97 Å². The summed E-state index contributed by atoms with van der Waals surface area (Å²) >= 11 is 0. The molecule has 0 unspecified atom stereocenters. The van der Waals surface area contributed by atoms with E-state index in [1.807, 2.05) is 32.9 Å². The highest BCUT2D eigenvalue weighted by Crippen LogP contribution is 2.34. The van der Waals surface area contributed by atoms with Gasteiger partial charge in [0.15, 0.2) is 0 Å². The number of benzene rings is 2. The number of hydrogen-bond donors (Lipinski definition) is 0. The number of likely N-dealkylation sites (tertiary alicyclic amines) is 1. The predicted molar refractivity (Wildman–Crippen MR) is 95.6 cm³/mol. The van der Waals surface area contributed by atoms with Crippen LogP contribution in [0.25, 0.3) is 0 Å². The van der Waals surface area contributed by atoms with Crippen LogP contribution in [0.5, 0.6) is 0 Å². The summed E-state index contributed by atoms with van der Waals surface area (Å²) in [7, 11) is 0. The van der Waals surface area contributed by atoms with E-state index in [2.05, 4.69) is 53.4 Å². The molecule has 0 radical (unpaired) electrons. The Morgan fingerprint density at radius 3 is 1.83 bits per heavy atom. The molecular weight excluding hydrogens is 298 g/mol. The first-order chi connectivity index (χ1) is 11.4. The van der Waals surface area contributed by atoms with Gasteiger partial charge in [-0.3, -0.25) is 9.69 Å². The van der Waals surface area contributed by atoms with Gasteiger partial charge in [0.05, 0.1) is 12.0 Å². The zero-order valence-electron chi connectivity index (χ0n) is 14.6. The zero-order valence-corrected chi connectivity index (χ0v) is 14.6. The van der Waals surface area contributed by atoms with E-state index in [1.165, 1.54) is 11.1 Å². The molecule has 24 heavy (non-hydrogen) atoms. The van der Waals surface area contributed by atoms with E-state index in [1.54, 1.807) is 0 Å². The Hall–Kier alpha value is -2.13. The third-order valence-electron chi connectivity index (χ3n) is 4.25. The van der Waals surface area contributed by atoms with Crippen molar-refractivity contribution in [2.45, 2.75) is 32.4 Å². The first-order valence-corrected chi connectivity index (χ1v) is 8.51. The maximum atomic E-state index is 12.2. The van der Waals surface area contributed by atoms with Crippen LogP contribution in [0.1, 0.15) is 37.9 Å². The van der Waals surface area contributed by atoms with Crippen molar-refractivity contribution in [3.8, 4) is 0 Å². The van der Waals surface area contributed by atoms with Crippen molar-refractivity contribution in [1.82, 2.24) is 4.90 Å². The van der Waals surface area contributed by atoms with Gasteiger partial charge in [0, 0.05) is 13.1 Å². The van der Waals surface area contributed by atoms with Gasteiger partial charge in [0.1, 0.15) is 5.60 Å². The fraction of sp³-hybridized carbons (Fsp3) is 0.381. The molecule has 1 aliphatic rings. The van der Waals surface area contributed by atoms with Crippen LogP contribution in [0.2, 0.25) is 0 Å². The molecule has 1 saturated heterocycles. The minimum absolute atomic E-state index is 0.0286. The Balaban J connectivity index is 1.74.